The van der Waals surface area contributed by atoms with Gasteiger partial charge in [-0.3, -0.25) is 0 Å². The monoisotopic (exact) mass is 206 g/mol. The number of carbonyl (C=O) groups excluding carboxylic acids is 1. The van der Waals surface area contributed by atoms with Crippen molar-refractivity contribution >= 4 is 6.29 Å². The molecule has 0 aliphatic heterocycles. The molecule has 1 aromatic rings. The van der Waals surface area contributed by atoms with Crippen LogP contribution in [0, 0.1) is 5.92 Å². The van der Waals surface area contributed by atoms with Crippen LogP contribution >= 0.6 is 0 Å². The van der Waals surface area contributed by atoms with Crippen molar-refractivity contribution in [3.05, 3.63) is 35.9 Å². The summed E-state index contributed by atoms with van der Waals surface area (Å²) < 4.78 is 5.57. The van der Waals surface area contributed by atoms with Gasteiger partial charge in [0.25, 0.3) is 0 Å². The molecular formula is C13H18O2. The molecule has 0 N–H and O–H groups in total. The van der Waals surface area contributed by atoms with E-state index in [-0.39, 0.29) is 0 Å². The van der Waals surface area contributed by atoms with Gasteiger partial charge in [0.05, 0.1) is 13.2 Å². The zero-order valence-corrected chi connectivity index (χ0v) is 9.19. The summed E-state index contributed by atoms with van der Waals surface area (Å²) in [5, 5.41) is 0. The predicted octanol–water partition coefficient (Wildman–Crippen LogP) is 2.82. The first kappa shape index (κ1) is 11.9. The summed E-state index contributed by atoms with van der Waals surface area (Å²) in [6, 6.07) is 10.1. The van der Waals surface area contributed by atoms with Gasteiger partial charge in [0.15, 0.2) is 0 Å². The fourth-order valence-electron chi connectivity index (χ4n) is 1.41. The molecule has 2 nitrogen and oxygen atoms in total. The van der Waals surface area contributed by atoms with Crippen molar-refractivity contribution in [2.45, 2.75) is 26.4 Å². The van der Waals surface area contributed by atoms with Crippen LogP contribution in [0.5, 0.6) is 0 Å². The summed E-state index contributed by atoms with van der Waals surface area (Å²) in [4.78, 5) is 10.4. The maximum absolute atomic E-state index is 10.4. The molecule has 0 saturated carbocycles. The van der Waals surface area contributed by atoms with Gasteiger partial charge < -0.3 is 9.53 Å². The fourth-order valence-corrected chi connectivity index (χ4v) is 1.41. The second kappa shape index (κ2) is 7.18. The molecule has 0 aromatic heterocycles. The van der Waals surface area contributed by atoms with Gasteiger partial charge in [0.2, 0.25) is 0 Å². The zero-order valence-electron chi connectivity index (χ0n) is 9.19. The number of hydrogen-bond acceptors (Lipinski definition) is 2. The third-order valence-electron chi connectivity index (χ3n) is 2.47. The van der Waals surface area contributed by atoms with Gasteiger partial charge in [-0.05, 0) is 11.5 Å². The second-order valence-electron chi connectivity index (χ2n) is 3.68. The Balaban J connectivity index is 2.23. The SMILES string of the molecule is CCC(CC=O)COCc1ccccc1. The smallest absolute Gasteiger partial charge is 0.120 e. The fraction of sp³-hybridized carbons (Fsp3) is 0.462. The van der Waals surface area contributed by atoms with Crippen LogP contribution < -0.4 is 0 Å². The Morgan fingerprint density at radius 1 is 1.33 bits per heavy atom. The van der Waals surface area contributed by atoms with Crippen molar-refractivity contribution < 1.29 is 9.53 Å². The average Bonchev–Trinajstić information content (AvgIpc) is 2.29. The number of rotatable bonds is 7. The van der Waals surface area contributed by atoms with Crippen LogP contribution in [0.4, 0.5) is 0 Å². The summed E-state index contributed by atoms with van der Waals surface area (Å²) in [6.07, 6.45) is 2.57. The first-order valence-electron chi connectivity index (χ1n) is 5.42. The molecule has 0 saturated heterocycles. The summed E-state index contributed by atoms with van der Waals surface area (Å²) in [7, 11) is 0. The maximum Gasteiger partial charge on any atom is 0.120 e. The van der Waals surface area contributed by atoms with E-state index >= 15 is 0 Å². The van der Waals surface area contributed by atoms with Gasteiger partial charge in [-0.1, -0.05) is 43.7 Å². The molecule has 0 aliphatic rings. The highest BCUT2D eigenvalue weighted by Gasteiger charge is 2.05. The second-order valence-corrected chi connectivity index (χ2v) is 3.68. The zero-order chi connectivity index (χ0) is 10.9. The predicted molar refractivity (Wildman–Crippen MR) is 60.6 cm³/mol. The lowest BCUT2D eigenvalue weighted by molar-refractivity contribution is -0.109. The van der Waals surface area contributed by atoms with Gasteiger partial charge in [0, 0.05) is 6.42 Å². The van der Waals surface area contributed by atoms with Crippen LogP contribution in [0.25, 0.3) is 0 Å². The Hall–Kier alpha value is -1.15. The van der Waals surface area contributed by atoms with E-state index < -0.39 is 0 Å². The number of benzene rings is 1. The summed E-state index contributed by atoms with van der Waals surface area (Å²) >= 11 is 0. The molecule has 1 unspecified atom stereocenters. The summed E-state index contributed by atoms with van der Waals surface area (Å²) in [6.45, 7) is 3.39. The van der Waals surface area contributed by atoms with E-state index in [4.69, 9.17) is 4.74 Å². The third-order valence-corrected chi connectivity index (χ3v) is 2.47. The van der Waals surface area contributed by atoms with E-state index in [1.165, 1.54) is 5.56 Å². The lowest BCUT2D eigenvalue weighted by Crippen LogP contribution is -2.09. The lowest BCUT2D eigenvalue weighted by Gasteiger charge is -2.11. The van der Waals surface area contributed by atoms with Crippen molar-refractivity contribution in [2.75, 3.05) is 6.61 Å². The molecular weight excluding hydrogens is 188 g/mol. The number of aldehydes is 1. The minimum atomic E-state index is 0.367. The van der Waals surface area contributed by atoms with E-state index in [9.17, 15) is 4.79 Å². The van der Waals surface area contributed by atoms with Crippen molar-refractivity contribution in [1.82, 2.24) is 0 Å². The van der Waals surface area contributed by atoms with E-state index in [2.05, 4.69) is 6.92 Å². The van der Waals surface area contributed by atoms with Crippen LogP contribution in [0.2, 0.25) is 0 Å². The Labute approximate surface area is 91.3 Å². The van der Waals surface area contributed by atoms with Gasteiger partial charge >= 0.3 is 0 Å². The molecule has 1 rings (SSSR count). The number of carbonyl (C=O) groups is 1. The van der Waals surface area contributed by atoms with Crippen LogP contribution in [0.1, 0.15) is 25.3 Å². The Morgan fingerprint density at radius 2 is 2.07 bits per heavy atom. The topological polar surface area (TPSA) is 26.3 Å². The molecule has 0 aliphatic carbocycles. The molecule has 0 heterocycles. The molecule has 0 radical (unpaired) electrons. The Kier molecular flexibility index (Phi) is 5.71. The molecule has 0 fully saturated rings. The normalized spacial score (nSPS) is 12.3. The van der Waals surface area contributed by atoms with Gasteiger partial charge in [0.1, 0.15) is 6.29 Å². The molecule has 1 atom stereocenters. The molecule has 15 heavy (non-hydrogen) atoms. The minimum Gasteiger partial charge on any atom is -0.376 e. The highest BCUT2D eigenvalue weighted by atomic mass is 16.5. The maximum atomic E-state index is 10.4. The van der Waals surface area contributed by atoms with Crippen molar-refractivity contribution in [3.63, 3.8) is 0 Å². The summed E-state index contributed by atoms with van der Waals surface area (Å²) in [5.74, 6) is 0.367. The number of hydrogen-bond donors (Lipinski definition) is 0. The number of ether oxygens (including phenoxy) is 1. The molecule has 82 valence electrons. The third kappa shape index (κ3) is 4.75. The molecule has 0 bridgehead atoms. The van der Waals surface area contributed by atoms with E-state index in [0.29, 0.717) is 25.6 Å². The summed E-state index contributed by atoms with van der Waals surface area (Å²) in [5.41, 5.74) is 1.18. The lowest BCUT2D eigenvalue weighted by atomic mass is 10.1. The first-order chi connectivity index (χ1) is 7.36. The van der Waals surface area contributed by atoms with Crippen LogP contribution in [0.15, 0.2) is 30.3 Å². The molecule has 2 heteroatoms. The van der Waals surface area contributed by atoms with Crippen LogP contribution in [-0.2, 0) is 16.1 Å². The average molecular weight is 206 g/mol. The Morgan fingerprint density at radius 3 is 2.67 bits per heavy atom. The van der Waals surface area contributed by atoms with Gasteiger partial charge in [-0.2, -0.15) is 0 Å². The van der Waals surface area contributed by atoms with Gasteiger partial charge in [-0.25, -0.2) is 0 Å². The highest BCUT2D eigenvalue weighted by Crippen LogP contribution is 2.08. The van der Waals surface area contributed by atoms with E-state index in [1.54, 1.807) is 0 Å². The van der Waals surface area contributed by atoms with Crippen LogP contribution in [0.3, 0.4) is 0 Å². The minimum absolute atomic E-state index is 0.367. The molecule has 1 aromatic carbocycles. The van der Waals surface area contributed by atoms with E-state index in [1.807, 2.05) is 30.3 Å². The standard InChI is InChI=1S/C13H18O2/c1-2-12(8-9-14)10-15-11-13-6-4-3-5-7-13/h3-7,9,12H,2,8,10-11H2,1H3. The highest BCUT2D eigenvalue weighted by molar-refractivity contribution is 5.49. The first-order valence-corrected chi connectivity index (χ1v) is 5.42. The largest absolute Gasteiger partial charge is 0.376 e. The van der Waals surface area contributed by atoms with Crippen molar-refractivity contribution in [3.8, 4) is 0 Å². The Bertz CT molecular complexity index is 269. The van der Waals surface area contributed by atoms with Crippen molar-refractivity contribution in [1.29, 1.82) is 0 Å². The van der Waals surface area contributed by atoms with E-state index in [0.717, 1.165) is 12.7 Å². The molecule has 0 spiro atoms. The van der Waals surface area contributed by atoms with Crippen LogP contribution in [-0.4, -0.2) is 12.9 Å². The van der Waals surface area contributed by atoms with Gasteiger partial charge in [-0.15, -0.1) is 0 Å². The van der Waals surface area contributed by atoms with Crippen molar-refractivity contribution in [2.24, 2.45) is 5.92 Å². The quantitative estimate of drug-likeness (QED) is 0.641. The molecule has 0 amide bonds.